The number of carbonyl (C=O) groups is 3. The highest BCUT2D eigenvalue weighted by Crippen LogP contribution is 2.47. The summed E-state index contributed by atoms with van der Waals surface area (Å²) in [5, 5.41) is 5.64. The Morgan fingerprint density at radius 3 is 2.73 bits per heavy atom. The summed E-state index contributed by atoms with van der Waals surface area (Å²) in [6.07, 6.45) is 3.90. The number of hydrogen-bond donors (Lipinski definition) is 2. The van der Waals surface area contributed by atoms with E-state index in [0.717, 1.165) is 31.4 Å². The molecule has 1 saturated carbocycles. The van der Waals surface area contributed by atoms with Crippen LogP contribution in [0, 0.1) is 11.8 Å². The fraction of sp³-hybridized carbons (Fsp3) is 0.824. The third-order valence-corrected chi connectivity index (χ3v) is 8.56. The minimum absolute atomic E-state index is 0.00357. The molecule has 3 fully saturated rings. The number of rotatable bonds is 4. The lowest BCUT2D eigenvalue weighted by atomic mass is 9.85. The lowest BCUT2D eigenvalue weighted by Gasteiger charge is -2.27. The summed E-state index contributed by atoms with van der Waals surface area (Å²) in [5.41, 5.74) is 0. The Morgan fingerprint density at radius 1 is 1.15 bits per heavy atom. The van der Waals surface area contributed by atoms with Gasteiger partial charge in [0, 0.05) is 10.6 Å². The molecule has 9 heteroatoms. The monoisotopic (exact) mass is 420 g/mol. The molecule has 3 aliphatic rings. The number of amides is 3. The van der Waals surface area contributed by atoms with E-state index in [1.54, 1.807) is 30.4 Å². The molecule has 2 N–H and O–H groups in total. The molecular weight excluding hydrogens is 396 g/mol. The normalized spacial score (nSPS) is 36.2. The van der Waals surface area contributed by atoms with E-state index >= 15 is 0 Å². The summed E-state index contributed by atoms with van der Waals surface area (Å²) >= 11 is 9.56. The molecule has 0 aromatic carbocycles. The summed E-state index contributed by atoms with van der Waals surface area (Å²) in [6, 6.07) is 0. The molecular formula is C17H25ClN2O4S2. The maximum Gasteiger partial charge on any atom is 0.413 e. The Bertz CT molecular complexity index is 565. The van der Waals surface area contributed by atoms with Crippen LogP contribution in [0.2, 0.25) is 0 Å². The molecule has 6 atom stereocenters. The Morgan fingerprint density at radius 2 is 1.96 bits per heavy atom. The molecule has 0 spiro atoms. The predicted molar refractivity (Wildman–Crippen MR) is 104 cm³/mol. The van der Waals surface area contributed by atoms with Crippen LogP contribution in [0.15, 0.2) is 0 Å². The van der Waals surface area contributed by atoms with Gasteiger partial charge >= 0.3 is 6.09 Å². The Labute approximate surface area is 167 Å². The van der Waals surface area contributed by atoms with Gasteiger partial charge in [-0.3, -0.25) is 14.9 Å². The molecule has 6 unspecified atom stereocenters. The van der Waals surface area contributed by atoms with Gasteiger partial charge in [0.15, 0.2) is 0 Å². The van der Waals surface area contributed by atoms with Crippen molar-refractivity contribution < 1.29 is 19.1 Å². The minimum atomic E-state index is -0.731. The van der Waals surface area contributed by atoms with E-state index in [0.29, 0.717) is 17.6 Å². The van der Waals surface area contributed by atoms with Crippen molar-refractivity contribution in [2.75, 3.05) is 12.4 Å². The highest BCUT2D eigenvalue weighted by Gasteiger charge is 2.43. The fourth-order valence-electron chi connectivity index (χ4n) is 3.88. The van der Waals surface area contributed by atoms with Gasteiger partial charge in [0.2, 0.25) is 11.8 Å². The lowest BCUT2D eigenvalue weighted by molar-refractivity contribution is -0.125. The van der Waals surface area contributed by atoms with Gasteiger partial charge < -0.3 is 10.1 Å². The first-order valence-electron chi connectivity index (χ1n) is 9.17. The standard InChI is InChI=1S/C17H25ClN2O4S2/c1-2-24-17(23)20-14(21)11-5-6-25-16(11)19-15(22)13-7-9-3-4-10(18)8-12(9)26-13/h9-13,16H,2-8H2,1H3,(H,19,22)(H,20,21,23). The van der Waals surface area contributed by atoms with Crippen molar-refractivity contribution in [1.82, 2.24) is 10.6 Å². The van der Waals surface area contributed by atoms with Crippen LogP contribution in [0.25, 0.3) is 0 Å². The number of fused-ring (bicyclic) bond motifs is 1. The zero-order valence-electron chi connectivity index (χ0n) is 14.7. The number of imide groups is 1. The van der Waals surface area contributed by atoms with E-state index in [9.17, 15) is 14.4 Å². The molecule has 1 aliphatic carbocycles. The van der Waals surface area contributed by atoms with Gasteiger partial charge in [-0.25, -0.2) is 4.79 Å². The molecule has 0 radical (unpaired) electrons. The number of halogens is 1. The lowest BCUT2D eigenvalue weighted by Crippen LogP contribution is -2.46. The van der Waals surface area contributed by atoms with Crippen LogP contribution in [0.4, 0.5) is 4.79 Å². The van der Waals surface area contributed by atoms with Crippen LogP contribution in [-0.4, -0.2) is 51.5 Å². The smallest absolute Gasteiger partial charge is 0.413 e. The van der Waals surface area contributed by atoms with E-state index in [-0.39, 0.29) is 34.4 Å². The van der Waals surface area contributed by atoms with Crippen molar-refractivity contribution in [3.05, 3.63) is 0 Å². The van der Waals surface area contributed by atoms with Gasteiger partial charge in [-0.1, -0.05) is 0 Å². The van der Waals surface area contributed by atoms with Gasteiger partial charge in [-0.05, 0) is 50.7 Å². The largest absolute Gasteiger partial charge is 0.450 e. The van der Waals surface area contributed by atoms with Crippen molar-refractivity contribution in [3.8, 4) is 0 Å². The number of thioether (sulfide) groups is 2. The van der Waals surface area contributed by atoms with Gasteiger partial charge in [-0.15, -0.1) is 35.1 Å². The summed E-state index contributed by atoms with van der Waals surface area (Å²) in [6.45, 7) is 1.89. The molecule has 2 saturated heterocycles. The second-order valence-electron chi connectivity index (χ2n) is 6.97. The van der Waals surface area contributed by atoms with Gasteiger partial charge in [0.05, 0.1) is 23.1 Å². The number of alkyl halides is 1. The van der Waals surface area contributed by atoms with E-state index < -0.39 is 12.0 Å². The molecule has 0 aromatic rings. The first-order valence-corrected chi connectivity index (χ1v) is 11.6. The maximum absolute atomic E-state index is 12.7. The number of hydrogen-bond acceptors (Lipinski definition) is 6. The van der Waals surface area contributed by atoms with E-state index in [4.69, 9.17) is 16.3 Å². The number of nitrogens with one attached hydrogen (secondary N) is 2. The molecule has 0 bridgehead atoms. The Balaban J connectivity index is 1.52. The third kappa shape index (κ3) is 4.81. The zero-order valence-corrected chi connectivity index (χ0v) is 17.1. The first-order chi connectivity index (χ1) is 12.5. The number of alkyl carbamates (subject to hydrolysis) is 1. The van der Waals surface area contributed by atoms with E-state index in [1.807, 2.05) is 0 Å². The second-order valence-corrected chi connectivity index (χ2v) is 10.3. The molecule has 6 nitrogen and oxygen atoms in total. The third-order valence-electron chi connectivity index (χ3n) is 5.23. The van der Waals surface area contributed by atoms with Crippen LogP contribution >= 0.6 is 35.1 Å². The van der Waals surface area contributed by atoms with Crippen LogP contribution in [0.1, 0.15) is 39.0 Å². The van der Waals surface area contributed by atoms with Crippen molar-refractivity contribution in [3.63, 3.8) is 0 Å². The van der Waals surface area contributed by atoms with Crippen LogP contribution < -0.4 is 10.6 Å². The van der Waals surface area contributed by atoms with Gasteiger partial charge in [0.1, 0.15) is 0 Å². The predicted octanol–water partition coefficient (Wildman–Crippen LogP) is 2.74. The second kappa shape index (κ2) is 9.06. The Hall–Kier alpha value is -0.600. The highest BCUT2D eigenvalue weighted by atomic mass is 35.5. The number of ether oxygens (including phenoxy) is 1. The molecule has 3 rings (SSSR count). The SMILES string of the molecule is CCOC(=O)NC(=O)C1CCSC1NC(=O)C1CC2CCC(Cl)CC2S1. The number of carbonyl (C=O) groups excluding carboxylic acids is 3. The van der Waals surface area contributed by atoms with Crippen molar-refractivity contribution in [2.24, 2.45) is 11.8 Å². The van der Waals surface area contributed by atoms with E-state index in [2.05, 4.69) is 10.6 Å². The van der Waals surface area contributed by atoms with Gasteiger partial charge in [-0.2, -0.15) is 0 Å². The van der Waals surface area contributed by atoms with Crippen molar-refractivity contribution >= 4 is 53.0 Å². The summed E-state index contributed by atoms with van der Waals surface area (Å²) < 4.78 is 4.75. The van der Waals surface area contributed by atoms with Crippen LogP contribution in [0.5, 0.6) is 0 Å². The molecule has 26 heavy (non-hydrogen) atoms. The first kappa shape index (κ1) is 20.1. The average molecular weight is 421 g/mol. The van der Waals surface area contributed by atoms with Crippen molar-refractivity contribution in [2.45, 2.75) is 60.3 Å². The van der Waals surface area contributed by atoms with Crippen molar-refractivity contribution in [1.29, 1.82) is 0 Å². The van der Waals surface area contributed by atoms with E-state index in [1.165, 1.54) is 0 Å². The zero-order chi connectivity index (χ0) is 18.7. The molecule has 3 amide bonds. The summed E-state index contributed by atoms with van der Waals surface area (Å²) in [7, 11) is 0. The maximum atomic E-state index is 12.7. The topological polar surface area (TPSA) is 84.5 Å². The Kier molecular flexibility index (Phi) is 7.02. The highest BCUT2D eigenvalue weighted by molar-refractivity contribution is 8.01. The molecule has 0 aromatic heterocycles. The summed E-state index contributed by atoms with van der Waals surface area (Å²) in [4.78, 5) is 36.5. The fourth-order valence-corrected chi connectivity index (χ4v) is 7.43. The summed E-state index contributed by atoms with van der Waals surface area (Å²) in [5.74, 6) is 0.572. The average Bonchev–Trinajstić information content (AvgIpc) is 3.21. The quantitative estimate of drug-likeness (QED) is 0.680. The van der Waals surface area contributed by atoms with Crippen LogP contribution in [0.3, 0.4) is 0 Å². The molecule has 2 aliphatic heterocycles. The van der Waals surface area contributed by atoms with Crippen LogP contribution in [-0.2, 0) is 14.3 Å². The van der Waals surface area contributed by atoms with Gasteiger partial charge in [0.25, 0.3) is 0 Å². The molecule has 146 valence electrons. The molecule has 2 heterocycles. The minimum Gasteiger partial charge on any atom is -0.450 e.